The Balaban J connectivity index is 1.83. The number of esters is 1. The van der Waals surface area contributed by atoms with Gasteiger partial charge in [-0.25, -0.2) is 4.79 Å². The van der Waals surface area contributed by atoms with Crippen LogP contribution in [0.15, 0.2) is 99.0 Å². The third-order valence-electron chi connectivity index (χ3n) is 4.82. The average molecular weight is 450 g/mol. The van der Waals surface area contributed by atoms with Crippen LogP contribution in [0.5, 0.6) is 0 Å². The number of hydrogen-bond donors (Lipinski definition) is 1. The fraction of sp³-hybridized carbons (Fsp3) is 0.125. The Morgan fingerprint density at radius 2 is 1.74 bits per heavy atom. The molecule has 31 heavy (non-hydrogen) atoms. The van der Waals surface area contributed by atoms with Crippen molar-refractivity contribution < 1.29 is 9.53 Å². The lowest BCUT2D eigenvalue weighted by molar-refractivity contribution is -0.136. The Bertz CT molecular complexity index is 1180. The number of aromatic nitrogens is 1. The van der Waals surface area contributed by atoms with Gasteiger partial charge in [0.25, 0.3) is 0 Å². The van der Waals surface area contributed by atoms with Gasteiger partial charge in [-0.1, -0.05) is 59.8 Å². The zero-order chi connectivity index (χ0) is 21.8. The van der Waals surface area contributed by atoms with Gasteiger partial charge in [-0.05, 0) is 42.8 Å². The number of nitrogens with one attached hydrogen (secondary N) is 1. The number of pyridine rings is 1. The molecule has 5 nitrogen and oxygen atoms in total. The smallest absolute Gasteiger partial charge is 0.338 e. The van der Waals surface area contributed by atoms with Gasteiger partial charge in [0.1, 0.15) is 11.7 Å². The summed E-state index contributed by atoms with van der Waals surface area (Å²) in [5, 5.41) is 3.89. The summed E-state index contributed by atoms with van der Waals surface area (Å²) in [5.74, 6) is 0.185. The van der Waals surface area contributed by atoms with Gasteiger partial charge in [0.15, 0.2) is 5.84 Å². The predicted octanol–water partition coefficient (Wildman–Crippen LogP) is 5.42. The van der Waals surface area contributed by atoms with Crippen LogP contribution in [0.3, 0.4) is 0 Å². The second-order valence-electron chi connectivity index (χ2n) is 6.82. The van der Waals surface area contributed by atoms with Gasteiger partial charge in [-0.3, -0.25) is 9.98 Å². The molecule has 0 amide bonds. The summed E-state index contributed by atoms with van der Waals surface area (Å²) in [6, 6.07) is 20.6. The quantitative estimate of drug-likeness (QED) is 0.526. The minimum atomic E-state index is -0.545. The topological polar surface area (TPSA) is 63.6 Å². The number of allylic oxidation sites excluding steroid dienone is 1. The van der Waals surface area contributed by atoms with Gasteiger partial charge < -0.3 is 10.1 Å². The van der Waals surface area contributed by atoms with Crippen LogP contribution >= 0.6 is 23.4 Å². The van der Waals surface area contributed by atoms with Crippen molar-refractivity contribution in [2.75, 3.05) is 7.11 Å². The van der Waals surface area contributed by atoms with E-state index < -0.39 is 12.0 Å². The fourth-order valence-corrected chi connectivity index (χ4v) is 4.60. The molecule has 3 aromatic rings. The largest absolute Gasteiger partial charge is 0.466 e. The number of hydrogen-bond acceptors (Lipinski definition) is 6. The fourth-order valence-electron chi connectivity index (χ4n) is 3.35. The van der Waals surface area contributed by atoms with Crippen LogP contribution in [0.2, 0.25) is 5.02 Å². The van der Waals surface area contributed by atoms with Crippen molar-refractivity contribution >= 4 is 35.2 Å². The van der Waals surface area contributed by atoms with Crippen molar-refractivity contribution in [3.63, 3.8) is 0 Å². The van der Waals surface area contributed by atoms with Gasteiger partial charge in [0.2, 0.25) is 0 Å². The van der Waals surface area contributed by atoms with E-state index in [1.807, 2.05) is 73.7 Å². The number of benzene rings is 2. The lowest BCUT2D eigenvalue weighted by atomic mass is 9.95. The zero-order valence-electron chi connectivity index (χ0n) is 17.0. The maximum atomic E-state index is 12.7. The first-order valence-corrected chi connectivity index (χ1v) is 10.8. The van der Waals surface area contributed by atoms with Crippen LogP contribution < -0.4 is 5.32 Å². The highest BCUT2D eigenvalue weighted by Crippen LogP contribution is 2.41. The normalized spacial score (nSPS) is 15.8. The van der Waals surface area contributed by atoms with E-state index in [4.69, 9.17) is 21.3 Å². The van der Waals surface area contributed by atoms with Gasteiger partial charge in [-0.2, -0.15) is 0 Å². The first-order valence-electron chi connectivity index (χ1n) is 9.65. The number of rotatable bonds is 5. The Morgan fingerprint density at radius 1 is 1.03 bits per heavy atom. The molecule has 0 bridgehead atoms. The highest BCUT2D eigenvalue weighted by atomic mass is 35.5. The van der Waals surface area contributed by atoms with Gasteiger partial charge in [0, 0.05) is 21.7 Å². The highest BCUT2D eigenvalue weighted by Gasteiger charge is 2.32. The standard InChI is InChI=1S/C24H20ClN3O2S/c1-15-21(24(29)30-2)22(28-23(27-15)18-11-7-8-14-26-18)16-9-3-5-12-19(16)31-20-13-6-4-10-17(20)25/h3-14,22H,1-2H3,(H,27,28). The van der Waals surface area contributed by atoms with E-state index in [2.05, 4.69) is 10.3 Å². The Morgan fingerprint density at radius 3 is 2.45 bits per heavy atom. The molecule has 0 spiro atoms. The first kappa shape index (κ1) is 21.2. The van der Waals surface area contributed by atoms with Crippen LogP contribution in [0.4, 0.5) is 0 Å². The first-order chi connectivity index (χ1) is 15.1. The van der Waals surface area contributed by atoms with E-state index in [1.165, 1.54) is 7.11 Å². The summed E-state index contributed by atoms with van der Waals surface area (Å²) in [5.41, 5.74) is 2.74. The molecule has 7 heteroatoms. The van der Waals surface area contributed by atoms with Crippen molar-refractivity contribution in [1.29, 1.82) is 0 Å². The Kier molecular flexibility index (Phi) is 6.39. The molecular formula is C24H20ClN3O2S. The van der Waals surface area contributed by atoms with Crippen molar-refractivity contribution in [1.82, 2.24) is 10.3 Å². The maximum Gasteiger partial charge on any atom is 0.338 e. The van der Waals surface area contributed by atoms with E-state index in [0.29, 0.717) is 27.8 Å². The molecule has 2 heterocycles. The predicted molar refractivity (Wildman–Crippen MR) is 123 cm³/mol. The number of aliphatic imine (C=N–C) groups is 1. The molecule has 1 aromatic heterocycles. The minimum absolute atomic E-state index is 0.420. The second kappa shape index (κ2) is 9.37. The molecule has 0 saturated heterocycles. The van der Waals surface area contributed by atoms with E-state index in [9.17, 15) is 4.79 Å². The maximum absolute atomic E-state index is 12.7. The minimum Gasteiger partial charge on any atom is -0.466 e. The number of halogens is 1. The molecule has 0 fully saturated rings. The molecule has 0 saturated carbocycles. The zero-order valence-corrected chi connectivity index (χ0v) is 18.6. The van der Waals surface area contributed by atoms with Crippen LogP contribution in [0.25, 0.3) is 0 Å². The lowest BCUT2D eigenvalue weighted by Crippen LogP contribution is -2.33. The Labute approximate surface area is 190 Å². The van der Waals surface area contributed by atoms with Crippen molar-refractivity contribution in [2.45, 2.75) is 22.8 Å². The number of amidine groups is 1. The molecule has 2 aromatic carbocycles. The van der Waals surface area contributed by atoms with E-state index in [1.54, 1.807) is 18.0 Å². The average Bonchev–Trinajstić information content (AvgIpc) is 2.80. The molecule has 156 valence electrons. The molecule has 0 aliphatic carbocycles. The molecule has 4 rings (SSSR count). The molecule has 1 N–H and O–H groups in total. The highest BCUT2D eigenvalue weighted by molar-refractivity contribution is 7.99. The number of nitrogens with zero attached hydrogens (tertiary/aromatic N) is 2. The number of carbonyl (C=O) groups is 1. The SMILES string of the molecule is COC(=O)C1=C(C)NC(c2ccccn2)=NC1c1ccccc1Sc1ccccc1Cl. The van der Waals surface area contributed by atoms with E-state index in [0.717, 1.165) is 15.4 Å². The van der Waals surface area contributed by atoms with Crippen LogP contribution in [0, 0.1) is 0 Å². The van der Waals surface area contributed by atoms with Crippen molar-refractivity contribution in [2.24, 2.45) is 4.99 Å². The third-order valence-corrected chi connectivity index (χ3v) is 6.43. The van der Waals surface area contributed by atoms with Gasteiger partial charge in [-0.15, -0.1) is 0 Å². The molecule has 1 unspecified atom stereocenters. The van der Waals surface area contributed by atoms with Crippen molar-refractivity contribution in [3.8, 4) is 0 Å². The summed E-state index contributed by atoms with van der Waals surface area (Å²) in [6.45, 7) is 1.85. The summed E-state index contributed by atoms with van der Waals surface area (Å²) in [4.78, 5) is 23.9. The summed E-state index contributed by atoms with van der Waals surface area (Å²) in [7, 11) is 1.38. The molecule has 0 radical (unpaired) electrons. The number of ether oxygens (including phenoxy) is 1. The van der Waals surface area contributed by atoms with E-state index >= 15 is 0 Å². The van der Waals surface area contributed by atoms with Gasteiger partial charge >= 0.3 is 5.97 Å². The summed E-state index contributed by atoms with van der Waals surface area (Å²) < 4.78 is 5.08. The van der Waals surface area contributed by atoms with Crippen LogP contribution in [-0.4, -0.2) is 23.9 Å². The Hall–Kier alpha value is -3.09. The lowest BCUT2D eigenvalue weighted by Gasteiger charge is -2.27. The molecule has 1 aliphatic heterocycles. The van der Waals surface area contributed by atoms with E-state index in [-0.39, 0.29) is 0 Å². The third kappa shape index (κ3) is 4.50. The van der Waals surface area contributed by atoms with Crippen molar-refractivity contribution in [3.05, 3.63) is 100 Å². The summed E-state index contributed by atoms with van der Waals surface area (Å²) in [6.07, 6.45) is 1.71. The number of carbonyl (C=O) groups excluding carboxylic acids is 1. The monoisotopic (exact) mass is 449 g/mol. The molecule has 1 aliphatic rings. The summed E-state index contributed by atoms with van der Waals surface area (Å²) >= 11 is 7.93. The van der Waals surface area contributed by atoms with Gasteiger partial charge in [0.05, 0.1) is 17.7 Å². The second-order valence-corrected chi connectivity index (χ2v) is 8.31. The van der Waals surface area contributed by atoms with Crippen LogP contribution in [0.1, 0.15) is 24.2 Å². The molecule has 1 atom stereocenters. The number of methoxy groups -OCH3 is 1. The molecular weight excluding hydrogens is 430 g/mol. The van der Waals surface area contributed by atoms with Crippen LogP contribution in [-0.2, 0) is 9.53 Å².